The van der Waals surface area contributed by atoms with Gasteiger partial charge in [-0.25, -0.2) is 4.39 Å². The van der Waals surface area contributed by atoms with Gasteiger partial charge in [-0.3, -0.25) is 14.3 Å². The lowest BCUT2D eigenvalue weighted by atomic mass is 10.1. The SMILES string of the molecule is CS(=O)(=O)OCC(NCc1ccc(OCCCc2ccccc2F)cc1)C(N)=O. The fraction of sp³-hybridized carbons (Fsp3) is 0.350. The molecule has 7 nitrogen and oxygen atoms in total. The van der Waals surface area contributed by atoms with Gasteiger partial charge in [-0.2, -0.15) is 8.42 Å². The molecule has 0 saturated carbocycles. The molecule has 2 rings (SSSR count). The fourth-order valence-corrected chi connectivity index (χ4v) is 2.91. The van der Waals surface area contributed by atoms with Crippen LogP contribution in [0.5, 0.6) is 5.75 Å². The van der Waals surface area contributed by atoms with Crippen molar-refractivity contribution in [2.24, 2.45) is 5.73 Å². The maximum Gasteiger partial charge on any atom is 0.264 e. The summed E-state index contributed by atoms with van der Waals surface area (Å²) in [6.07, 6.45) is 2.18. The number of aryl methyl sites for hydroxylation is 1. The normalized spacial score (nSPS) is 12.5. The first-order chi connectivity index (χ1) is 13.7. The number of hydrogen-bond acceptors (Lipinski definition) is 6. The zero-order valence-electron chi connectivity index (χ0n) is 16.1. The molecule has 0 fully saturated rings. The Balaban J connectivity index is 1.76. The molecule has 29 heavy (non-hydrogen) atoms. The molecule has 0 aliphatic carbocycles. The van der Waals surface area contributed by atoms with Gasteiger partial charge in [-0.1, -0.05) is 30.3 Å². The van der Waals surface area contributed by atoms with Crippen molar-refractivity contribution in [3.05, 3.63) is 65.5 Å². The molecule has 158 valence electrons. The van der Waals surface area contributed by atoms with E-state index in [4.69, 9.17) is 10.5 Å². The molecule has 0 saturated heterocycles. The summed E-state index contributed by atoms with van der Waals surface area (Å²) in [5, 5.41) is 2.86. The summed E-state index contributed by atoms with van der Waals surface area (Å²) < 4.78 is 45.9. The minimum absolute atomic E-state index is 0.208. The largest absolute Gasteiger partial charge is 0.494 e. The molecule has 0 bridgehead atoms. The highest BCUT2D eigenvalue weighted by atomic mass is 32.2. The van der Waals surface area contributed by atoms with Crippen molar-refractivity contribution >= 4 is 16.0 Å². The molecule has 1 amide bonds. The molecule has 1 atom stereocenters. The smallest absolute Gasteiger partial charge is 0.264 e. The Labute approximate surface area is 170 Å². The van der Waals surface area contributed by atoms with Crippen molar-refractivity contribution in [1.29, 1.82) is 0 Å². The molecular weight excluding hydrogens is 399 g/mol. The van der Waals surface area contributed by atoms with Gasteiger partial charge < -0.3 is 10.5 Å². The van der Waals surface area contributed by atoms with Crippen LogP contribution in [0.2, 0.25) is 0 Å². The van der Waals surface area contributed by atoms with Crippen molar-refractivity contribution in [2.75, 3.05) is 19.5 Å². The fourth-order valence-electron chi connectivity index (χ4n) is 2.53. The Bertz CT molecular complexity index is 903. The standard InChI is InChI=1S/C20H25FN2O5S/c1-29(25,26)28-14-19(20(22)24)23-13-15-8-10-17(11-9-15)27-12-4-6-16-5-2-3-7-18(16)21/h2-3,5,7-11,19,23H,4,6,12-14H2,1H3,(H2,22,24). The molecule has 0 heterocycles. The predicted molar refractivity (Wildman–Crippen MR) is 107 cm³/mol. The number of primary amides is 1. The summed E-state index contributed by atoms with van der Waals surface area (Å²) in [5.41, 5.74) is 6.78. The third-order valence-corrected chi connectivity index (χ3v) is 4.65. The number of ether oxygens (including phenoxy) is 1. The van der Waals surface area contributed by atoms with E-state index in [9.17, 15) is 17.6 Å². The van der Waals surface area contributed by atoms with Crippen molar-refractivity contribution in [3.63, 3.8) is 0 Å². The topological polar surface area (TPSA) is 108 Å². The van der Waals surface area contributed by atoms with Crippen molar-refractivity contribution in [2.45, 2.75) is 25.4 Å². The first-order valence-electron chi connectivity index (χ1n) is 9.07. The molecule has 1 unspecified atom stereocenters. The molecular formula is C20H25FN2O5S. The third kappa shape index (κ3) is 8.59. The van der Waals surface area contributed by atoms with E-state index in [1.165, 1.54) is 6.07 Å². The van der Waals surface area contributed by atoms with E-state index in [0.717, 1.165) is 11.8 Å². The number of amides is 1. The second-order valence-electron chi connectivity index (χ2n) is 6.51. The number of rotatable bonds is 12. The van der Waals surface area contributed by atoms with Crippen LogP contribution in [0.4, 0.5) is 4.39 Å². The minimum atomic E-state index is -3.66. The third-order valence-electron chi connectivity index (χ3n) is 4.09. The van der Waals surface area contributed by atoms with Crippen molar-refractivity contribution < 1.29 is 26.5 Å². The van der Waals surface area contributed by atoms with Crippen LogP contribution in [0.25, 0.3) is 0 Å². The predicted octanol–water partition coefficient (Wildman–Crippen LogP) is 1.76. The van der Waals surface area contributed by atoms with Crippen LogP contribution in [0.15, 0.2) is 48.5 Å². The van der Waals surface area contributed by atoms with Gasteiger partial charge in [0.15, 0.2) is 0 Å². The van der Waals surface area contributed by atoms with Gasteiger partial charge in [0.05, 0.1) is 19.5 Å². The molecule has 0 aliphatic rings. The number of nitrogens with one attached hydrogen (secondary N) is 1. The lowest BCUT2D eigenvalue weighted by molar-refractivity contribution is -0.120. The van der Waals surface area contributed by atoms with Crippen LogP contribution in [0.3, 0.4) is 0 Å². The van der Waals surface area contributed by atoms with Crippen LogP contribution in [-0.2, 0) is 32.1 Å². The second kappa shape index (κ2) is 10.9. The van der Waals surface area contributed by atoms with Gasteiger partial charge in [0.1, 0.15) is 17.6 Å². The molecule has 9 heteroatoms. The van der Waals surface area contributed by atoms with Gasteiger partial charge >= 0.3 is 0 Å². The number of benzene rings is 2. The quantitative estimate of drug-likeness (QED) is 0.397. The molecule has 0 radical (unpaired) electrons. The number of carbonyl (C=O) groups is 1. The Kier molecular flexibility index (Phi) is 8.56. The van der Waals surface area contributed by atoms with Crippen molar-refractivity contribution in [3.8, 4) is 5.75 Å². The summed E-state index contributed by atoms with van der Waals surface area (Å²) in [6, 6.07) is 12.9. The highest BCUT2D eigenvalue weighted by molar-refractivity contribution is 7.85. The van der Waals surface area contributed by atoms with Crippen LogP contribution >= 0.6 is 0 Å². The summed E-state index contributed by atoms with van der Waals surface area (Å²) in [5.74, 6) is -0.238. The van der Waals surface area contributed by atoms with E-state index in [1.54, 1.807) is 24.3 Å². The van der Waals surface area contributed by atoms with Gasteiger partial charge in [-0.05, 0) is 42.2 Å². The molecule has 0 spiro atoms. The van der Waals surface area contributed by atoms with Crippen LogP contribution in [0, 0.1) is 5.82 Å². The summed E-state index contributed by atoms with van der Waals surface area (Å²) in [6.45, 7) is 0.393. The van der Waals surface area contributed by atoms with Gasteiger partial charge in [-0.15, -0.1) is 0 Å². The number of carbonyl (C=O) groups excluding carboxylic acids is 1. The zero-order valence-corrected chi connectivity index (χ0v) is 17.0. The summed E-state index contributed by atoms with van der Waals surface area (Å²) in [4.78, 5) is 11.4. The average molecular weight is 424 g/mol. The molecule has 3 N–H and O–H groups in total. The lowest BCUT2D eigenvalue weighted by Crippen LogP contribution is -2.44. The summed E-state index contributed by atoms with van der Waals surface area (Å²) in [7, 11) is -3.66. The second-order valence-corrected chi connectivity index (χ2v) is 8.16. The Hall–Kier alpha value is -2.49. The number of hydrogen-bond donors (Lipinski definition) is 2. The molecule has 0 aliphatic heterocycles. The maximum absolute atomic E-state index is 13.6. The van der Waals surface area contributed by atoms with E-state index in [-0.39, 0.29) is 12.4 Å². The Morgan fingerprint density at radius 2 is 1.86 bits per heavy atom. The molecule has 2 aromatic rings. The van der Waals surface area contributed by atoms with Crippen LogP contribution < -0.4 is 15.8 Å². The minimum Gasteiger partial charge on any atom is -0.494 e. The number of nitrogens with two attached hydrogens (primary N) is 1. The average Bonchev–Trinajstić information content (AvgIpc) is 2.66. The molecule has 0 aromatic heterocycles. The first kappa shape index (κ1) is 22.8. The van der Waals surface area contributed by atoms with E-state index in [0.29, 0.717) is 37.3 Å². The first-order valence-corrected chi connectivity index (χ1v) is 10.9. The Morgan fingerprint density at radius 1 is 1.17 bits per heavy atom. The molecule has 2 aromatic carbocycles. The summed E-state index contributed by atoms with van der Waals surface area (Å²) >= 11 is 0. The zero-order chi connectivity index (χ0) is 21.3. The van der Waals surface area contributed by atoms with Gasteiger partial charge in [0.2, 0.25) is 5.91 Å². The highest BCUT2D eigenvalue weighted by Gasteiger charge is 2.17. The lowest BCUT2D eigenvalue weighted by Gasteiger charge is -2.15. The van der Waals surface area contributed by atoms with E-state index < -0.39 is 22.1 Å². The Morgan fingerprint density at radius 3 is 2.48 bits per heavy atom. The van der Waals surface area contributed by atoms with E-state index >= 15 is 0 Å². The van der Waals surface area contributed by atoms with Crippen LogP contribution in [0.1, 0.15) is 17.5 Å². The van der Waals surface area contributed by atoms with E-state index in [2.05, 4.69) is 9.50 Å². The van der Waals surface area contributed by atoms with Crippen molar-refractivity contribution in [1.82, 2.24) is 5.32 Å². The van der Waals surface area contributed by atoms with Crippen LogP contribution in [-0.4, -0.2) is 39.8 Å². The van der Waals surface area contributed by atoms with E-state index in [1.807, 2.05) is 18.2 Å². The highest BCUT2D eigenvalue weighted by Crippen LogP contribution is 2.14. The number of halogens is 1. The van der Waals surface area contributed by atoms with Gasteiger partial charge in [0.25, 0.3) is 10.1 Å². The van der Waals surface area contributed by atoms with Gasteiger partial charge in [0, 0.05) is 6.54 Å². The maximum atomic E-state index is 13.6. The monoisotopic (exact) mass is 424 g/mol.